The largest absolute Gasteiger partial charge is 0.467 e. The first kappa shape index (κ1) is 25.2. The zero-order chi connectivity index (χ0) is 24.0. The monoisotopic (exact) mass is 499 g/mol. The molecule has 0 unspecified atom stereocenters. The highest BCUT2D eigenvalue weighted by Gasteiger charge is 2.28. The van der Waals surface area contributed by atoms with Gasteiger partial charge in [-0.05, 0) is 38.2 Å². The Bertz CT molecular complexity index is 1100. The van der Waals surface area contributed by atoms with Gasteiger partial charge in [0.15, 0.2) is 0 Å². The van der Waals surface area contributed by atoms with Crippen LogP contribution in [-0.4, -0.2) is 76.0 Å². The molecule has 1 amide bonds. The molecule has 10 nitrogen and oxygen atoms in total. The molecule has 12 heteroatoms. The van der Waals surface area contributed by atoms with Crippen molar-refractivity contribution in [2.24, 2.45) is 0 Å². The molecule has 0 aliphatic carbocycles. The lowest BCUT2D eigenvalue weighted by Gasteiger charge is -2.26. The van der Waals surface area contributed by atoms with E-state index in [1.807, 2.05) is 0 Å². The van der Waals surface area contributed by atoms with Crippen molar-refractivity contribution in [3.8, 4) is 0 Å². The van der Waals surface area contributed by atoms with E-state index in [9.17, 15) is 18.0 Å². The Balaban J connectivity index is 1.64. The number of benzene rings is 1. The number of carbonyl (C=O) groups is 2. The molecule has 1 aliphatic heterocycles. The van der Waals surface area contributed by atoms with Crippen LogP contribution in [-0.2, 0) is 30.8 Å². The van der Waals surface area contributed by atoms with E-state index >= 15 is 0 Å². The van der Waals surface area contributed by atoms with Gasteiger partial charge in [0.25, 0.3) is 0 Å². The fourth-order valence-electron chi connectivity index (χ4n) is 3.31. The summed E-state index contributed by atoms with van der Waals surface area (Å²) in [6, 6.07) is 5.83. The average Bonchev–Trinajstić information content (AvgIpc) is 3.23. The van der Waals surface area contributed by atoms with Crippen molar-refractivity contribution in [2.45, 2.75) is 18.4 Å². The van der Waals surface area contributed by atoms with Gasteiger partial charge < -0.3 is 19.2 Å². The number of likely N-dealkylation sites (N-methyl/N-ethyl adjacent to an activating group) is 1. The van der Waals surface area contributed by atoms with E-state index in [4.69, 9.17) is 25.5 Å². The summed E-state index contributed by atoms with van der Waals surface area (Å²) in [5.41, 5.74) is 0.606. The number of nitrogens with one attached hydrogen (secondary N) is 1. The fourth-order valence-corrected chi connectivity index (χ4v) is 5.21. The highest BCUT2D eigenvalue weighted by molar-refractivity contribution is 7.89. The molecule has 180 valence electrons. The number of sulfonamides is 1. The summed E-state index contributed by atoms with van der Waals surface area (Å²) in [5, 5.41) is 2.75. The van der Waals surface area contributed by atoms with Crippen molar-refractivity contribution in [2.75, 3.05) is 51.8 Å². The van der Waals surface area contributed by atoms with Crippen molar-refractivity contribution in [3.63, 3.8) is 0 Å². The van der Waals surface area contributed by atoms with Crippen LogP contribution in [0.25, 0.3) is 0 Å². The number of rotatable bonds is 9. The number of halogens is 1. The molecule has 0 bridgehead atoms. The Morgan fingerprint density at radius 1 is 1.24 bits per heavy atom. The number of morpholine rings is 1. The molecule has 2 heterocycles. The van der Waals surface area contributed by atoms with Crippen LogP contribution in [0.2, 0.25) is 5.02 Å². The van der Waals surface area contributed by atoms with Crippen molar-refractivity contribution in [1.29, 1.82) is 0 Å². The van der Waals surface area contributed by atoms with Gasteiger partial charge in [-0.2, -0.15) is 4.31 Å². The maximum Gasteiger partial charge on any atom is 0.341 e. The first-order valence-electron chi connectivity index (χ1n) is 10.3. The van der Waals surface area contributed by atoms with Crippen LogP contribution in [0.4, 0.5) is 5.69 Å². The number of ether oxygens (including phenoxy) is 2. The Hall–Kier alpha value is -2.44. The predicted octanol–water partition coefficient (Wildman–Crippen LogP) is 2.20. The molecule has 0 spiro atoms. The van der Waals surface area contributed by atoms with Crippen LogP contribution in [0.1, 0.15) is 23.0 Å². The van der Waals surface area contributed by atoms with Crippen molar-refractivity contribution >= 4 is 39.2 Å². The average molecular weight is 500 g/mol. The van der Waals surface area contributed by atoms with Crippen LogP contribution in [0.5, 0.6) is 0 Å². The van der Waals surface area contributed by atoms with Gasteiger partial charge in [0.1, 0.15) is 16.2 Å². The summed E-state index contributed by atoms with van der Waals surface area (Å²) in [6.07, 6.45) is 1.39. The van der Waals surface area contributed by atoms with Gasteiger partial charge in [0.05, 0.1) is 44.2 Å². The molecule has 1 aliphatic rings. The number of furan rings is 1. The van der Waals surface area contributed by atoms with Crippen LogP contribution in [0.15, 0.2) is 39.8 Å². The minimum Gasteiger partial charge on any atom is -0.467 e. The van der Waals surface area contributed by atoms with E-state index in [1.54, 1.807) is 18.9 Å². The Morgan fingerprint density at radius 3 is 2.67 bits per heavy atom. The third-order valence-electron chi connectivity index (χ3n) is 4.87. The number of carbonyl (C=O) groups excluding carboxylic acids is 2. The molecular weight excluding hydrogens is 474 g/mol. The third kappa shape index (κ3) is 6.33. The van der Waals surface area contributed by atoms with E-state index in [0.717, 1.165) is 0 Å². The van der Waals surface area contributed by atoms with Crippen LogP contribution in [0, 0.1) is 0 Å². The second-order valence-corrected chi connectivity index (χ2v) is 9.67. The zero-order valence-corrected chi connectivity index (χ0v) is 19.9. The van der Waals surface area contributed by atoms with Gasteiger partial charge in [-0.15, -0.1) is 0 Å². The lowest BCUT2D eigenvalue weighted by Crippen LogP contribution is -2.40. The predicted molar refractivity (Wildman–Crippen MR) is 121 cm³/mol. The van der Waals surface area contributed by atoms with Crippen molar-refractivity contribution in [1.82, 2.24) is 9.21 Å². The standard InChI is InChI=1S/C21H26ClN3O7S/c1-3-31-21(27)16-6-9-32-18(16)13-24(2)14-20(26)23-15-4-5-17(22)19(12-15)33(28,29)25-7-10-30-11-8-25/h4-6,9,12H,3,7-8,10-11,13-14H2,1-2H3,(H,23,26). The lowest BCUT2D eigenvalue weighted by molar-refractivity contribution is -0.117. The molecule has 1 aromatic carbocycles. The maximum atomic E-state index is 13.0. The van der Waals surface area contributed by atoms with Gasteiger partial charge in [-0.25, -0.2) is 13.2 Å². The maximum absolute atomic E-state index is 13.0. The van der Waals surface area contributed by atoms with Crippen LogP contribution in [0.3, 0.4) is 0 Å². The molecular formula is C21H26ClN3O7S. The van der Waals surface area contributed by atoms with Crippen molar-refractivity contribution < 1.29 is 31.9 Å². The highest BCUT2D eigenvalue weighted by Crippen LogP contribution is 2.28. The fraction of sp³-hybridized carbons (Fsp3) is 0.429. The Kier molecular flexibility index (Phi) is 8.49. The lowest BCUT2D eigenvalue weighted by atomic mass is 10.2. The summed E-state index contributed by atoms with van der Waals surface area (Å²) in [4.78, 5) is 26.1. The second-order valence-electron chi connectivity index (χ2n) is 7.36. The Labute approximate surface area is 197 Å². The van der Waals surface area contributed by atoms with E-state index in [-0.39, 0.29) is 48.6 Å². The van der Waals surface area contributed by atoms with E-state index in [2.05, 4.69) is 5.32 Å². The summed E-state index contributed by atoms with van der Waals surface area (Å²) < 4.78 is 42.8. The van der Waals surface area contributed by atoms with Crippen LogP contribution < -0.4 is 5.32 Å². The first-order valence-corrected chi connectivity index (χ1v) is 12.1. The first-order chi connectivity index (χ1) is 15.7. The molecule has 0 atom stereocenters. The van der Waals surface area contributed by atoms with Crippen molar-refractivity contribution in [3.05, 3.63) is 46.9 Å². The number of amides is 1. The molecule has 3 rings (SSSR count). The van der Waals surface area contributed by atoms with Gasteiger partial charge >= 0.3 is 5.97 Å². The minimum atomic E-state index is -3.82. The minimum absolute atomic E-state index is 0.0306. The van der Waals surface area contributed by atoms with Crippen LogP contribution >= 0.6 is 11.6 Å². The molecule has 1 saturated heterocycles. The number of hydrogen-bond acceptors (Lipinski definition) is 8. The molecule has 1 aromatic heterocycles. The Morgan fingerprint density at radius 2 is 1.97 bits per heavy atom. The van der Waals surface area contributed by atoms with Gasteiger partial charge in [-0.3, -0.25) is 9.69 Å². The topological polar surface area (TPSA) is 118 Å². The quantitative estimate of drug-likeness (QED) is 0.522. The molecule has 0 radical (unpaired) electrons. The third-order valence-corrected chi connectivity index (χ3v) is 7.25. The number of nitrogens with zero attached hydrogens (tertiary/aromatic N) is 2. The SMILES string of the molecule is CCOC(=O)c1ccoc1CN(C)CC(=O)Nc1ccc(Cl)c(S(=O)(=O)N2CCOCC2)c1. The normalized spacial score (nSPS) is 14.9. The number of anilines is 1. The zero-order valence-electron chi connectivity index (χ0n) is 18.4. The molecule has 1 fully saturated rings. The van der Waals surface area contributed by atoms with Gasteiger partial charge in [0.2, 0.25) is 15.9 Å². The van der Waals surface area contributed by atoms with Gasteiger partial charge in [0, 0.05) is 18.8 Å². The summed E-state index contributed by atoms with van der Waals surface area (Å²) in [5.74, 6) is -0.484. The molecule has 2 aromatic rings. The smallest absolute Gasteiger partial charge is 0.341 e. The number of esters is 1. The van der Waals surface area contributed by atoms with E-state index < -0.39 is 16.0 Å². The summed E-state index contributed by atoms with van der Waals surface area (Å²) >= 11 is 6.16. The van der Waals surface area contributed by atoms with Gasteiger partial charge in [-0.1, -0.05) is 11.6 Å². The molecule has 0 saturated carbocycles. The molecule has 33 heavy (non-hydrogen) atoms. The second kappa shape index (κ2) is 11.1. The number of hydrogen-bond donors (Lipinski definition) is 1. The van der Waals surface area contributed by atoms with E-state index in [1.165, 1.54) is 34.8 Å². The molecule has 1 N–H and O–H groups in total. The highest BCUT2D eigenvalue weighted by atomic mass is 35.5. The summed E-state index contributed by atoms with van der Waals surface area (Å²) in [7, 11) is -2.13. The summed E-state index contributed by atoms with van der Waals surface area (Å²) in [6.45, 7) is 3.22. The van der Waals surface area contributed by atoms with E-state index in [0.29, 0.717) is 30.2 Å².